The molecule has 3 aromatic rings. The maximum Gasteiger partial charge on any atom is 0.258 e. The molecule has 1 aromatic carbocycles. The molecule has 2 heterocycles. The average Bonchev–Trinajstić information content (AvgIpc) is 2.62. The second-order valence-corrected chi connectivity index (χ2v) is 6.83. The Balaban J connectivity index is 1.67. The number of hydrogen-bond donors (Lipinski definition) is 1. The van der Waals surface area contributed by atoms with Gasteiger partial charge in [-0.2, -0.15) is 0 Å². The predicted octanol–water partition coefficient (Wildman–Crippen LogP) is 2.98. The highest BCUT2D eigenvalue weighted by Gasteiger charge is 2.11. The van der Waals surface area contributed by atoms with E-state index in [1.165, 1.54) is 10.5 Å². The van der Waals surface area contributed by atoms with Crippen molar-refractivity contribution in [1.82, 2.24) is 14.3 Å². The van der Waals surface area contributed by atoms with E-state index in [-0.39, 0.29) is 18.0 Å². The van der Waals surface area contributed by atoms with Crippen molar-refractivity contribution in [2.45, 2.75) is 19.9 Å². The van der Waals surface area contributed by atoms with E-state index in [0.717, 1.165) is 17.7 Å². The van der Waals surface area contributed by atoms with E-state index in [1.54, 1.807) is 18.3 Å². The van der Waals surface area contributed by atoms with Crippen molar-refractivity contribution in [3.8, 4) is 0 Å². The van der Waals surface area contributed by atoms with Crippen molar-refractivity contribution in [1.29, 1.82) is 0 Å². The molecule has 0 radical (unpaired) electrons. The number of anilines is 1. The second kappa shape index (κ2) is 8.33. The van der Waals surface area contributed by atoms with Crippen molar-refractivity contribution < 1.29 is 4.79 Å². The molecule has 7 heteroatoms. The molecular weight excluding hydrogens is 364 g/mol. The Hall–Kier alpha value is -2.70. The predicted molar refractivity (Wildman–Crippen MR) is 107 cm³/mol. The van der Waals surface area contributed by atoms with Crippen LogP contribution in [-0.4, -0.2) is 33.8 Å². The van der Waals surface area contributed by atoms with Gasteiger partial charge in [0.25, 0.3) is 5.56 Å². The minimum Gasteiger partial charge on any atom is -0.325 e. The van der Waals surface area contributed by atoms with Crippen LogP contribution in [0.25, 0.3) is 5.65 Å². The minimum atomic E-state index is -0.202. The second-order valence-electron chi connectivity index (χ2n) is 6.39. The highest BCUT2D eigenvalue weighted by Crippen LogP contribution is 2.15. The summed E-state index contributed by atoms with van der Waals surface area (Å²) in [6.45, 7) is 2.63. The Bertz CT molecular complexity index is 1030. The molecule has 140 valence electrons. The number of nitrogens with zero attached hydrogens (tertiary/aromatic N) is 3. The molecular formula is C20H21ClN4O2. The largest absolute Gasteiger partial charge is 0.325 e. The summed E-state index contributed by atoms with van der Waals surface area (Å²) in [4.78, 5) is 30.9. The molecule has 3 rings (SSSR count). The maximum absolute atomic E-state index is 12.3. The van der Waals surface area contributed by atoms with Crippen molar-refractivity contribution in [3.05, 3.63) is 75.3 Å². The first kappa shape index (κ1) is 19.1. The van der Waals surface area contributed by atoms with E-state index in [0.29, 0.717) is 22.9 Å². The molecule has 27 heavy (non-hydrogen) atoms. The first-order valence-electron chi connectivity index (χ1n) is 8.70. The number of nitrogens with one attached hydrogen (secondary N) is 1. The smallest absolute Gasteiger partial charge is 0.258 e. The van der Waals surface area contributed by atoms with E-state index < -0.39 is 0 Å². The van der Waals surface area contributed by atoms with Crippen LogP contribution in [0, 0.1) is 0 Å². The summed E-state index contributed by atoms with van der Waals surface area (Å²) < 4.78 is 1.40. The number of halogens is 1. The fourth-order valence-corrected chi connectivity index (χ4v) is 3.09. The Morgan fingerprint density at radius 2 is 2.04 bits per heavy atom. The van der Waals surface area contributed by atoms with Gasteiger partial charge in [0, 0.05) is 24.5 Å². The van der Waals surface area contributed by atoms with Gasteiger partial charge in [0.2, 0.25) is 5.91 Å². The number of benzene rings is 1. The summed E-state index contributed by atoms with van der Waals surface area (Å²) in [5, 5.41) is 3.42. The summed E-state index contributed by atoms with van der Waals surface area (Å²) in [6, 6.07) is 12.6. The maximum atomic E-state index is 12.3. The van der Waals surface area contributed by atoms with Gasteiger partial charge in [0.15, 0.2) is 0 Å². The third kappa shape index (κ3) is 4.72. The van der Waals surface area contributed by atoms with Gasteiger partial charge in [-0.3, -0.25) is 18.9 Å². The zero-order valence-corrected chi connectivity index (χ0v) is 16.0. The Kier molecular flexibility index (Phi) is 5.88. The molecule has 1 N–H and O–H groups in total. The number of aromatic nitrogens is 2. The van der Waals surface area contributed by atoms with Crippen LogP contribution in [0.4, 0.5) is 5.69 Å². The molecule has 2 aromatic heterocycles. The van der Waals surface area contributed by atoms with Gasteiger partial charge in [-0.05, 0) is 37.2 Å². The number of para-hydroxylation sites is 1. The zero-order valence-electron chi connectivity index (χ0n) is 15.3. The van der Waals surface area contributed by atoms with E-state index in [1.807, 2.05) is 43.1 Å². The molecule has 0 saturated carbocycles. The standard InChI is InChI=1S/C20H21ClN4O2/c1-3-14-6-4-5-7-17(14)23-19(26)13-24(2)12-16-10-20(27)25-11-15(21)8-9-18(25)22-16/h4-11H,3,12-13H2,1-2H3,(H,23,26). The number of likely N-dealkylation sites (N-methyl/N-ethyl adjacent to an activating group) is 1. The number of carbonyl (C=O) groups excluding carboxylic acids is 1. The lowest BCUT2D eigenvalue weighted by atomic mass is 10.1. The highest BCUT2D eigenvalue weighted by molar-refractivity contribution is 6.30. The lowest BCUT2D eigenvalue weighted by Crippen LogP contribution is -2.31. The first-order chi connectivity index (χ1) is 13.0. The number of aryl methyl sites for hydroxylation is 1. The van der Waals surface area contributed by atoms with Crippen molar-refractivity contribution >= 4 is 28.8 Å². The molecule has 0 spiro atoms. The lowest BCUT2D eigenvalue weighted by molar-refractivity contribution is -0.117. The monoisotopic (exact) mass is 384 g/mol. The zero-order chi connectivity index (χ0) is 19.4. The molecule has 0 unspecified atom stereocenters. The summed E-state index contributed by atoms with van der Waals surface area (Å²) in [5.74, 6) is -0.109. The van der Waals surface area contributed by atoms with Crippen LogP contribution in [0.2, 0.25) is 5.02 Å². The van der Waals surface area contributed by atoms with Gasteiger partial charge >= 0.3 is 0 Å². The summed E-state index contributed by atoms with van der Waals surface area (Å²) in [7, 11) is 1.82. The van der Waals surface area contributed by atoms with E-state index in [2.05, 4.69) is 10.3 Å². The average molecular weight is 385 g/mol. The molecule has 0 atom stereocenters. The lowest BCUT2D eigenvalue weighted by Gasteiger charge is -2.17. The quantitative estimate of drug-likeness (QED) is 0.709. The summed E-state index contributed by atoms with van der Waals surface area (Å²) >= 11 is 5.92. The van der Waals surface area contributed by atoms with E-state index >= 15 is 0 Å². The fourth-order valence-electron chi connectivity index (χ4n) is 2.92. The van der Waals surface area contributed by atoms with Crippen molar-refractivity contribution in [3.63, 3.8) is 0 Å². The van der Waals surface area contributed by atoms with E-state index in [9.17, 15) is 9.59 Å². The normalized spacial score (nSPS) is 11.1. The van der Waals surface area contributed by atoms with Crippen LogP contribution in [0.3, 0.4) is 0 Å². The van der Waals surface area contributed by atoms with Gasteiger partial charge in [-0.1, -0.05) is 36.7 Å². The number of carbonyl (C=O) groups is 1. The summed E-state index contributed by atoms with van der Waals surface area (Å²) in [6.07, 6.45) is 2.39. The Morgan fingerprint density at radius 1 is 1.26 bits per heavy atom. The first-order valence-corrected chi connectivity index (χ1v) is 9.08. The van der Waals surface area contributed by atoms with Crippen LogP contribution in [0.15, 0.2) is 53.5 Å². The summed E-state index contributed by atoms with van der Waals surface area (Å²) in [5.41, 5.74) is 2.85. The van der Waals surface area contributed by atoms with Gasteiger partial charge in [0.1, 0.15) is 5.65 Å². The molecule has 0 aliphatic rings. The molecule has 1 amide bonds. The number of pyridine rings is 1. The van der Waals surface area contributed by atoms with Crippen molar-refractivity contribution in [2.75, 3.05) is 18.9 Å². The highest BCUT2D eigenvalue weighted by atomic mass is 35.5. The van der Waals surface area contributed by atoms with Crippen LogP contribution in [0.5, 0.6) is 0 Å². The number of rotatable bonds is 6. The van der Waals surface area contributed by atoms with Gasteiger partial charge in [-0.25, -0.2) is 4.98 Å². The van der Waals surface area contributed by atoms with Crippen LogP contribution >= 0.6 is 11.6 Å². The van der Waals surface area contributed by atoms with E-state index in [4.69, 9.17) is 11.6 Å². The molecule has 0 aliphatic heterocycles. The Labute approximate surface area is 162 Å². The fraction of sp³-hybridized carbons (Fsp3) is 0.250. The molecule has 0 saturated heterocycles. The molecule has 6 nitrogen and oxygen atoms in total. The van der Waals surface area contributed by atoms with Crippen LogP contribution < -0.4 is 10.9 Å². The topological polar surface area (TPSA) is 66.7 Å². The minimum absolute atomic E-state index is 0.109. The van der Waals surface area contributed by atoms with Crippen LogP contribution in [0.1, 0.15) is 18.2 Å². The van der Waals surface area contributed by atoms with Gasteiger partial charge < -0.3 is 5.32 Å². The third-order valence-electron chi connectivity index (χ3n) is 4.19. The SMILES string of the molecule is CCc1ccccc1NC(=O)CN(C)Cc1cc(=O)n2cc(Cl)ccc2n1. The van der Waals surface area contributed by atoms with Gasteiger partial charge in [-0.15, -0.1) is 0 Å². The number of amides is 1. The van der Waals surface area contributed by atoms with Crippen LogP contribution in [-0.2, 0) is 17.8 Å². The van der Waals surface area contributed by atoms with Crippen molar-refractivity contribution in [2.24, 2.45) is 0 Å². The molecule has 0 fully saturated rings. The third-order valence-corrected chi connectivity index (χ3v) is 4.42. The van der Waals surface area contributed by atoms with Gasteiger partial charge in [0.05, 0.1) is 17.3 Å². The number of fused-ring (bicyclic) bond motifs is 1. The molecule has 0 bridgehead atoms. The Morgan fingerprint density at radius 3 is 2.81 bits per heavy atom. The molecule has 0 aliphatic carbocycles. The number of hydrogen-bond acceptors (Lipinski definition) is 4.